The molecule has 1 rings (SSSR count). The van der Waals surface area contributed by atoms with Crippen LogP contribution >= 0.6 is 0 Å². The number of halogens is 3. The summed E-state index contributed by atoms with van der Waals surface area (Å²) in [6.45, 7) is -0.541. The zero-order valence-electron chi connectivity index (χ0n) is 7.40. The Bertz CT molecular complexity index is 348. The minimum atomic E-state index is -4.31. The van der Waals surface area contributed by atoms with Crippen molar-refractivity contribution < 1.29 is 23.1 Å². The first-order chi connectivity index (χ1) is 6.88. The predicted molar refractivity (Wildman–Crippen MR) is 39.8 cm³/mol. The number of aliphatic carboxylic acids is 1. The maximum absolute atomic E-state index is 11.8. The van der Waals surface area contributed by atoms with Gasteiger partial charge in [-0.3, -0.25) is 4.79 Å². The van der Waals surface area contributed by atoms with Gasteiger partial charge in [0.05, 0.1) is 6.42 Å². The number of alkyl halides is 3. The van der Waals surface area contributed by atoms with E-state index in [0.29, 0.717) is 0 Å². The van der Waals surface area contributed by atoms with Gasteiger partial charge in [0.2, 0.25) is 0 Å². The van der Waals surface area contributed by atoms with Crippen molar-refractivity contribution in [3.63, 3.8) is 0 Å². The highest BCUT2D eigenvalue weighted by atomic mass is 19.4. The molecule has 0 saturated carbocycles. The third-order valence-corrected chi connectivity index (χ3v) is 1.52. The molecule has 0 fully saturated rings. The molecule has 0 aliphatic rings. The van der Waals surface area contributed by atoms with Crippen LogP contribution in [0.1, 0.15) is 12.2 Å². The molecule has 0 unspecified atom stereocenters. The molecule has 0 radical (unpaired) electrons. The van der Waals surface area contributed by atoms with Gasteiger partial charge in [-0.05, 0) is 10.4 Å². The summed E-state index contributed by atoms with van der Waals surface area (Å²) in [6.07, 6.45) is -5.81. The highest BCUT2D eigenvalue weighted by Crippen LogP contribution is 2.21. The molecule has 84 valence electrons. The van der Waals surface area contributed by atoms with Gasteiger partial charge in [0.25, 0.3) is 0 Å². The highest BCUT2D eigenvalue weighted by molar-refractivity contribution is 5.66. The maximum atomic E-state index is 11.8. The van der Waals surface area contributed by atoms with Gasteiger partial charge in [-0.1, -0.05) is 0 Å². The van der Waals surface area contributed by atoms with E-state index in [1.807, 2.05) is 0 Å². The zero-order valence-corrected chi connectivity index (χ0v) is 7.40. The van der Waals surface area contributed by atoms with Crippen LogP contribution in [0.25, 0.3) is 0 Å². The average molecular weight is 224 g/mol. The highest BCUT2D eigenvalue weighted by Gasteiger charge is 2.27. The third-order valence-electron chi connectivity index (χ3n) is 1.52. The summed E-state index contributed by atoms with van der Waals surface area (Å²) in [4.78, 5) is 10.3. The number of nitrogens with zero attached hydrogens (tertiary/aromatic N) is 4. The number of carbonyl (C=O) groups is 1. The Kier molecular flexibility index (Phi) is 3.22. The molecule has 0 atom stereocenters. The molecule has 1 N–H and O–H groups in total. The lowest BCUT2D eigenvalue weighted by atomic mass is 10.3. The monoisotopic (exact) mass is 224 g/mol. The summed E-state index contributed by atoms with van der Waals surface area (Å²) in [5.41, 5.74) is 0. The Morgan fingerprint density at radius 1 is 1.47 bits per heavy atom. The molecular formula is C6H7F3N4O2. The number of hydrogen-bond donors (Lipinski definition) is 1. The van der Waals surface area contributed by atoms with Gasteiger partial charge < -0.3 is 5.11 Å². The van der Waals surface area contributed by atoms with E-state index >= 15 is 0 Å². The summed E-state index contributed by atoms with van der Waals surface area (Å²) in [5, 5.41) is 18.1. The van der Waals surface area contributed by atoms with Gasteiger partial charge in [-0.2, -0.15) is 13.2 Å². The molecule has 15 heavy (non-hydrogen) atoms. The van der Waals surface area contributed by atoms with Crippen LogP contribution < -0.4 is 0 Å². The van der Waals surface area contributed by atoms with Crippen molar-refractivity contribution in [3.8, 4) is 0 Å². The minimum Gasteiger partial charge on any atom is -0.480 e. The molecule has 0 aromatic carbocycles. The summed E-state index contributed by atoms with van der Waals surface area (Å²) < 4.78 is 36.4. The van der Waals surface area contributed by atoms with Crippen LogP contribution in [0.3, 0.4) is 0 Å². The molecule has 9 heteroatoms. The molecule has 1 heterocycles. The number of rotatable bonds is 4. The maximum Gasteiger partial charge on any atom is 0.389 e. The van der Waals surface area contributed by atoms with Crippen molar-refractivity contribution in [2.75, 3.05) is 0 Å². The minimum absolute atomic E-state index is 0.0882. The lowest BCUT2D eigenvalue weighted by molar-refractivity contribution is -0.138. The van der Waals surface area contributed by atoms with Crippen LogP contribution in [-0.4, -0.2) is 37.5 Å². The summed E-state index contributed by atoms with van der Waals surface area (Å²) >= 11 is 0. The smallest absolute Gasteiger partial charge is 0.389 e. The van der Waals surface area contributed by atoms with Crippen molar-refractivity contribution in [3.05, 3.63) is 5.82 Å². The molecule has 0 aliphatic carbocycles. The number of aryl methyl sites for hydroxylation is 1. The zero-order chi connectivity index (χ0) is 11.5. The summed E-state index contributed by atoms with van der Waals surface area (Å²) in [7, 11) is 0. The molecule has 1 aromatic heterocycles. The van der Waals surface area contributed by atoms with Gasteiger partial charge in [0, 0.05) is 6.42 Å². The van der Waals surface area contributed by atoms with Gasteiger partial charge >= 0.3 is 12.1 Å². The van der Waals surface area contributed by atoms with E-state index in [4.69, 9.17) is 5.11 Å². The molecule has 1 aromatic rings. The molecule has 0 spiro atoms. The third kappa shape index (κ3) is 3.92. The number of tetrazole rings is 1. The lowest BCUT2D eigenvalue weighted by Gasteiger charge is -2.04. The number of carboxylic acids is 1. The Balaban J connectivity index is 2.61. The second-order valence-electron chi connectivity index (χ2n) is 2.76. The predicted octanol–water partition coefficient (Wildman–Crippen LogP) is 0.253. The molecular weight excluding hydrogens is 217 g/mol. The molecule has 0 aliphatic heterocycles. The quantitative estimate of drug-likeness (QED) is 0.792. The van der Waals surface area contributed by atoms with E-state index in [0.717, 1.165) is 4.68 Å². The van der Waals surface area contributed by atoms with E-state index in [2.05, 4.69) is 15.5 Å². The van der Waals surface area contributed by atoms with Crippen LogP contribution in [0.2, 0.25) is 0 Å². The van der Waals surface area contributed by atoms with Crippen molar-refractivity contribution in [1.29, 1.82) is 0 Å². The normalized spacial score (nSPS) is 11.7. The topological polar surface area (TPSA) is 80.9 Å². The SMILES string of the molecule is O=C(O)Cn1nnnc1CCC(F)(F)F. The first kappa shape index (κ1) is 11.4. The fraction of sp³-hybridized carbons (Fsp3) is 0.667. The second-order valence-corrected chi connectivity index (χ2v) is 2.76. The van der Waals surface area contributed by atoms with E-state index in [9.17, 15) is 18.0 Å². The standard InChI is InChI=1S/C6H7F3N4O2/c7-6(8,9)2-1-4-10-11-12-13(4)3-5(14)15/h1-3H2,(H,14,15). The molecule has 0 amide bonds. The number of hydrogen-bond acceptors (Lipinski definition) is 4. The first-order valence-corrected chi connectivity index (χ1v) is 3.92. The lowest BCUT2D eigenvalue weighted by Crippen LogP contribution is -2.16. The fourth-order valence-electron chi connectivity index (χ4n) is 0.907. The fourth-order valence-corrected chi connectivity index (χ4v) is 0.907. The summed E-state index contributed by atoms with van der Waals surface area (Å²) in [6, 6.07) is 0. The number of aromatic nitrogens is 4. The van der Waals surface area contributed by atoms with Gasteiger partial charge in [0.15, 0.2) is 5.82 Å². The van der Waals surface area contributed by atoms with E-state index in [1.165, 1.54) is 0 Å². The van der Waals surface area contributed by atoms with E-state index in [1.54, 1.807) is 0 Å². The average Bonchev–Trinajstić information content (AvgIpc) is 2.46. The van der Waals surface area contributed by atoms with Gasteiger partial charge in [-0.25, -0.2) is 4.68 Å². The first-order valence-electron chi connectivity index (χ1n) is 3.92. The van der Waals surface area contributed by atoms with Crippen LogP contribution in [-0.2, 0) is 17.8 Å². The summed E-state index contributed by atoms with van der Waals surface area (Å²) in [5.74, 6) is -1.30. The Labute approximate surface area is 81.7 Å². The van der Waals surface area contributed by atoms with Gasteiger partial charge in [0.1, 0.15) is 6.54 Å². The molecule has 0 bridgehead atoms. The van der Waals surface area contributed by atoms with Crippen molar-refractivity contribution in [1.82, 2.24) is 20.2 Å². The Morgan fingerprint density at radius 3 is 2.67 bits per heavy atom. The Morgan fingerprint density at radius 2 is 2.13 bits per heavy atom. The Hall–Kier alpha value is -1.67. The molecule has 0 saturated heterocycles. The van der Waals surface area contributed by atoms with Crippen LogP contribution in [0, 0.1) is 0 Å². The van der Waals surface area contributed by atoms with Crippen LogP contribution in [0.5, 0.6) is 0 Å². The van der Waals surface area contributed by atoms with Gasteiger partial charge in [-0.15, -0.1) is 5.10 Å². The second kappa shape index (κ2) is 4.24. The van der Waals surface area contributed by atoms with Crippen molar-refractivity contribution >= 4 is 5.97 Å². The van der Waals surface area contributed by atoms with E-state index in [-0.39, 0.29) is 5.82 Å². The van der Waals surface area contributed by atoms with Crippen molar-refractivity contribution in [2.45, 2.75) is 25.6 Å². The van der Waals surface area contributed by atoms with Crippen LogP contribution in [0.15, 0.2) is 0 Å². The van der Waals surface area contributed by atoms with Crippen LogP contribution in [0.4, 0.5) is 13.2 Å². The number of carboxylic acid groups (broad SMARTS) is 1. The van der Waals surface area contributed by atoms with Crippen molar-refractivity contribution in [2.24, 2.45) is 0 Å². The largest absolute Gasteiger partial charge is 0.480 e. The van der Waals surface area contributed by atoms with E-state index < -0.39 is 31.5 Å². The molecule has 6 nitrogen and oxygen atoms in total.